The first-order valence-electron chi connectivity index (χ1n) is 6.87. The van der Waals surface area contributed by atoms with Crippen molar-refractivity contribution in [3.05, 3.63) is 69.9 Å². The van der Waals surface area contributed by atoms with Crippen LogP contribution in [-0.4, -0.2) is 4.57 Å². The van der Waals surface area contributed by atoms with E-state index in [0.717, 1.165) is 29.6 Å². The van der Waals surface area contributed by atoms with Gasteiger partial charge in [0.05, 0.1) is 15.5 Å². The minimum absolute atomic E-state index is 0.666. The molecule has 4 nitrogen and oxygen atoms in total. The van der Waals surface area contributed by atoms with Crippen LogP contribution in [0.15, 0.2) is 65.0 Å². The van der Waals surface area contributed by atoms with Gasteiger partial charge in [-0.3, -0.25) is 0 Å². The maximum Gasteiger partial charge on any atom is 0.215 e. The Labute approximate surface area is 126 Å². The maximum absolute atomic E-state index is 10.5. The normalized spacial score (nSPS) is 11.9. The molecule has 5 heteroatoms. The van der Waals surface area contributed by atoms with Crippen molar-refractivity contribution >= 4 is 21.6 Å². The highest BCUT2D eigenvalue weighted by atomic mass is 32.1. The Bertz CT molecular complexity index is 805. The van der Waals surface area contributed by atoms with E-state index in [-0.39, 0.29) is 0 Å². The molecule has 0 fully saturated rings. The summed E-state index contributed by atoms with van der Waals surface area (Å²) in [7, 11) is 0. The molecule has 0 radical (unpaired) electrons. The molecule has 1 aromatic heterocycles. The lowest BCUT2D eigenvalue weighted by molar-refractivity contribution is 0.642. The van der Waals surface area contributed by atoms with E-state index in [1.54, 1.807) is 0 Å². The number of nitrogens with zero attached hydrogens (tertiary/aromatic N) is 3. The van der Waals surface area contributed by atoms with E-state index < -0.39 is 0 Å². The molecule has 3 aromatic rings. The number of hydrogen-bond acceptors (Lipinski definition) is 3. The van der Waals surface area contributed by atoms with Gasteiger partial charge in [-0.15, -0.1) is 4.91 Å². The van der Waals surface area contributed by atoms with Crippen LogP contribution in [-0.2, 0) is 13.0 Å². The van der Waals surface area contributed by atoms with Crippen molar-refractivity contribution in [3.63, 3.8) is 0 Å². The number of para-hydroxylation sites is 1. The standard InChI is InChI=1S/C16H15N3OS/c20-18-17-16-19(14-10-4-5-11-15(14)21-16)12-6-9-13-7-2-1-3-8-13/h1-5,7-8,10-11H,6,9,12H2/b17-16+. The van der Waals surface area contributed by atoms with E-state index in [0.29, 0.717) is 4.80 Å². The second kappa shape index (κ2) is 6.45. The topological polar surface area (TPSA) is 46.7 Å². The van der Waals surface area contributed by atoms with Crippen LogP contribution in [0.2, 0.25) is 0 Å². The Kier molecular flexibility index (Phi) is 4.21. The molecule has 0 atom stereocenters. The second-order valence-electron chi connectivity index (χ2n) is 4.77. The number of aromatic nitrogens is 1. The monoisotopic (exact) mass is 297 g/mol. The van der Waals surface area contributed by atoms with Gasteiger partial charge in [-0.05, 0) is 30.5 Å². The molecule has 0 N–H and O–H groups in total. The van der Waals surface area contributed by atoms with E-state index in [4.69, 9.17) is 0 Å². The van der Waals surface area contributed by atoms with Gasteiger partial charge in [-0.2, -0.15) is 0 Å². The molecule has 0 aliphatic rings. The Hall–Kier alpha value is -2.27. The predicted molar refractivity (Wildman–Crippen MR) is 85.9 cm³/mol. The van der Waals surface area contributed by atoms with Crippen LogP contribution in [0.4, 0.5) is 0 Å². The van der Waals surface area contributed by atoms with Crippen LogP contribution in [0.25, 0.3) is 10.2 Å². The fourth-order valence-corrected chi connectivity index (χ4v) is 3.43. The number of rotatable bonds is 5. The highest BCUT2D eigenvalue weighted by Crippen LogP contribution is 2.17. The van der Waals surface area contributed by atoms with Gasteiger partial charge in [0.25, 0.3) is 0 Å². The minimum Gasteiger partial charge on any atom is -0.315 e. The Morgan fingerprint density at radius 2 is 1.76 bits per heavy atom. The third kappa shape index (κ3) is 3.08. The summed E-state index contributed by atoms with van der Waals surface area (Å²) in [6.45, 7) is 0.827. The van der Waals surface area contributed by atoms with Gasteiger partial charge in [0, 0.05) is 6.54 Å². The van der Waals surface area contributed by atoms with E-state index in [2.05, 4.69) is 45.3 Å². The van der Waals surface area contributed by atoms with Crippen LogP contribution in [0.5, 0.6) is 0 Å². The van der Waals surface area contributed by atoms with Crippen molar-refractivity contribution in [1.82, 2.24) is 4.57 Å². The van der Waals surface area contributed by atoms with Crippen molar-refractivity contribution in [1.29, 1.82) is 0 Å². The Balaban J connectivity index is 1.84. The van der Waals surface area contributed by atoms with E-state index in [1.165, 1.54) is 16.9 Å². The zero-order chi connectivity index (χ0) is 14.5. The van der Waals surface area contributed by atoms with E-state index in [9.17, 15) is 4.91 Å². The molecule has 0 saturated heterocycles. The second-order valence-corrected chi connectivity index (χ2v) is 5.78. The highest BCUT2D eigenvalue weighted by molar-refractivity contribution is 7.16. The molecular weight excluding hydrogens is 282 g/mol. The SMILES string of the molecule is O=N/N=c1/sc2ccccc2n1CCCc1ccccc1. The number of aryl methyl sites for hydroxylation is 2. The van der Waals surface area contributed by atoms with Gasteiger partial charge in [-0.1, -0.05) is 58.9 Å². The molecule has 0 spiro atoms. The van der Waals surface area contributed by atoms with Gasteiger partial charge in [0.1, 0.15) is 0 Å². The first-order chi connectivity index (χ1) is 10.4. The molecule has 0 unspecified atom stereocenters. The van der Waals surface area contributed by atoms with Crippen molar-refractivity contribution in [2.45, 2.75) is 19.4 Å². The zero-order valence-corrected chi connectivity index (χ0v) is 12.3. The zero-order valence-electron chi connectivity index (χ0n) is 11.5. The fraction of sp³-hybridized carbons (Fsp3) is 0.188. The molecule has 0 aliphatic carbocycles. The molecular formula is C16H15N3OS. The molecule has 3 rings (SSSR count). The van der Waals surface area contributed by atoms with Crippen LogP contribution in [0.3, 0.4) is 0 Å². The molecule has 2 aromatic carbocycles. The average molecular weight is 297 g/mol. The van der Waals surface area contributed by atoms with Crippen LogP contribution in [0, 0.1) is 4.91 Å². The fourth-order valence-electron chi connectivity index (χ4n) is 2.43. The Morgan fingerprint density at radius 3 is 2.57 bits per heavy atom. The number of hydrogen-bond donors (Lipinski definition) is 0. The molecule has 1 heterocycles. The molecule has 0 amide bonds. The summed E-state index contributed by atoms with van der Waals surface area (Å²) in [5.41, 5.74) is 2.43. The molecule has 106 valence electrons. The van der Waals surface area contributed by atoms with E-state index >= 15 is 0 Å². The van der Waals surface area contributed by atoms with Crippen LogP contribution < -0.4 is 4.80 Å². The molecule has 0 saturated carbocycles. The number of nitroso groups, excluding NO2 is 1. The number of benzene rings is 2. The molecule has 0 bridgehead atoms. The lowest BCUT2D eigenvalue weighted by Crippen LogP contribution is -2.14. The summed E-state index contributed by atoms with van der Waals surface area (Å²) < 4.78 is 3.20. The summed E-state index contributed by atoms with van der Waals surface area (Å²) in [6.07, 6.45) is 2.00. The summed E-state index contributed by atoms with van der Waals surface area (Å²) >= 11 is 1.50. The third-order valence-electron chi connectivity index (χ3n) is 3.40. The molecule has 21 heavy (non-hydrogen) atoms. The average Bonchev–Trinajstić information content (AvgIpc) is 2.87. The number of fused-ring (bicyclic) bond motifs is 1. The van der Waals surface area contributed by atoms with Crippen molar-refractivity contribution in [3.8, 4) is 0 Å². The first-order valence-corrected chi connectivity index (χ1v) is 7.69. The largest absolute Gasteiger partial charge is 0.315 e. The van der Waals surface area contributed by atoms with Crippen LogP contribution >= 0.6 is 11.3 Å². The van der Waals surface area contributed by atoms with Gasteiger partial charge in [-0.25, -0.2) is 0 Å². The summed E-state index contributed by atoms with van der Waals surface area (Å²) in [5, 5.41) is 6.41. The first kappa shape index (κ1) is 13.7. The van der Waals surface area contributed by atoms with Gasteiger partial charge >= 0.3 is 0 Å². The van der Waals surface area contributed by atoms with Crippen molar-refractivity contribution < 1.29 is 0 Å². The van der Waals surface area contributed by atoms with Crippen molar-refractivity contribution in [2.24, 2.45) is 10.4 Å². The van der Waals surface area contributed by atoms with Gasteiger partial charge < -0.3 is 4.57 Å². The summed E-state index contributed by atoms with van der Waals surface area (Å²) in [5.74, 6) is 0. The lowest BCUT2D eigenvalue weighted by atomic mass is 10.1. The quantitative estimate of drug-likeness (QED) is 0.520. The van der Waals surface area contributed by atoms with Crippen LogP contribution in [0.1, 0.15) is 12.0 Å². The Morgan fingerprint density at radius 1 is 1.00 bits per heavy atom. The predicted octanol–water partition coefficient (Wildman–Crippen LogP) is 3.92. The maximum atomic E-state index is 10.5. The van der Waals surface area contributed by atoms with E-state index in [1.807, 2.05) is 24.3 Å². The van der Waals surface area contributed by atoms with Gasteiger partial charge in [0.15, 0.2) is 0 Å². The highest BCUT2D eigenvalue weighted by Gasteiger charge is 2.05. The summed E-state index contributed by atoms with van der Waals surface area (Å²) in [4.78, 5) is 11.1. The van der Waals surface area contributed by atoms with Crippen molar-refractivity contribution in [2.75, 3.05) is 0 Å². The third-order valence-corrected chi connectivity index (χ3v) is 4.45. The number of thiazole rings is 1. The lowest BCUT2D eigenvalue weighted by Gasteiger charge is -2.05. The van der Waals surface area contributed by atoms with Gasteiger partial charge in [0.2, 0.25) is 4.80 Å². The smallest absolute Gasteiger partial charge is 0.215 e. The minimum atomic E-state index is 0.666. The summed E-state index contributed by atoms with van der Waals surface area (Å²) in [6, 6.07) is 18.5. The molecule has 0 aliphatic heterocycles.